The van der Waals surface area contributed by atoms with Crippen molar-refractivity contribution in [2.45, 2.75) is 20.3 Å². The summed E-state index contributed by atoms with van der Waals surface area (Å²) in [5, 5.41) is 2.74. The van der Waals surface area contributed by atoms with Crippen molar-refractivity contribution < 1.29 is 19.1 Å². The zero-order valence-corrected chi connectivity index (χ0v) is 14.1. The number of rotatable bonds is 6. The molecule has 2 aromatic carbocycles. The Labute approximate surface area is 141 Å². The molecule has 5 heteroatoms. The molecule has 0 aliphatic rings. The van der Waals surface area contributed by atoms with Gasteiger partial charge in [-0.2, -0.15) is 0 Å². The molecular formula is C19H21NO4. The highest BCUT2D eigenvalue weighted by atomic mass is 16.5. The molecular weight excluding hydrogens is 306 g/mol. The normalized spacial score (nSPS) is 10.1. The van der Waals surface area contributed by atoms with Crippen molar-refractivity contribution in [3.8, 4) is 5.75 Å². The van der Waals surface area contributed by atoms with E-state index in [4.69, 9.17) is 9.47 Å². The number of nitrogens with one attached hydrogen (secondary N) is 1. The molecule has 0 aliphatic carbocycles. The zero-order chi connectivity index (χ0) is 17.5. The van der Waals surface area contributed by atoms with Gasteiger partial charge in [-0.15, -0.1) is 0 Å². The SMILES string of the molecule is COc1ccccc1CC(=O)OCC(=O)Nc1ccc(C)cc1C. The third kappa shape index (κ3) is 4.84. The van der Waals surface area contributed by atoms with E-state index in [1.54, 1.807) is 19.2 Å². The number of para-hydroxylation sites is 1. The number of esters is 1. The minimum atomic E-state index is -0.477. The Bertz CT molecular complexity index is 740. The van der Waals surface area contributed by atoms with Gasteiger partial charge in [0, 0.05) is 11.3 Å². The Kier molecular flexibility index (Phi) is 5.95. The van der Waals surface area contributed by atoms with Crippen molar-refractivity contribution >= 4 is 17.6 Å². The van der Waals surface area contributed by atoms with Gasteiger partial charge in [0.15, 0.2) is 6.61 Å². The number of methoxy groups -OCH3 is 1. The lowest BCUT2D eigenvalue weighted by atomic mass is 10.1. The van der Waals surface area contributed by atoms with E-state index in [9.17, 15) is 9.59 Å². The molecule has 0 aliphatic heterocycles. The van der Waals surface area contributed by atoms with E-state index in [1.165, 1.54) is 0 Å². The predicted octanol–water partition coefficient (Wildman–Crippen LogP) is 3.04. The number of benzene rings is 2. The number of aryl methyl sites for hydroxylation is 2. The second kappa shape index (κ2) is 8.15. The molecule has 0 unspecified atom stereocenters. The fraction of sp³-hybridized carbons (Fsp3) is 0.263. The third-order valence-corrected chi connectivity index (χ3v) is 3.55. The molecule has 5 nitrogen and oxygen atoms in total. The summed E-state index contributed by atoms with van der Waals surface area (Å²) in [6.07, 6.45) is 0.0564. The van der Waals surface area contributed by atoms with Gasteiger partial charge in [0.05, 0.1) is 13.5 Å². The van der Waals surface area contributed by atoms with E-state index < -0.39 is 5.97 Å². The van der Waals surface area contributed by atoms with E-state index in [-0.39, 0.29) is 18.9 Å². The Morgan fingerprint density at radius 3 is 2.54 bits per heavy atom. The van der Waals surface area contributed by atoms with Crippen LogP contribution in [0.15, 0.2) is 42.5 Å². The smallest absolute Gasteiger partial charge is 0.310 e. The van der Waals surface area contributed by atoms with Crippen LogP contribution in [0.2, 0.25) is 0 Å². The molecule has 0 spiro atoms. The van der Waals surface area contributed by atoms with Crippen LogP contribution in [0.1, 0.15) is 16.7 Å². The summed E-state index contributed by atoms with van der Waals surface area (Å²) >= 11 is 0. The summed E-state index contributed by atoms with van der Waals surface area (Å²) in [7, 11) is 1.54. The van der Waals surface area contributed by atoms with E-state index >= 15 is 0 Å². The van der Waals surface area contributed by atoms with Crippen LogP contribution in [0.4, 0.5) is 5.69 Å². The van der Waals surface area contributed by atoms with Gasteiger partial charge in [-0.3, -0.25) is 9.59 Å². The van der Waals surface area contributed by atoms with Crippen LogP contribution in [0.5, 0.6) is 5.75 Å². The van der Waals surface area contributed by atoms with Gasteiger partial charge in [0.2, 0.25) is 0 Å². The molecule has 1 N–H and O–H groups in total. The van der Waals surface area contributed by atoms with Crippen molar-refractivity contribution in [2.24, 2.45) is 0 Å². The molecule has 24 heavy (non-hydrogen) atoms. The van der Waals surface area contributed by atoms with Gasteiger partial charge in [-0.25, -0.2) is 0 Å². The molecule has 0 aromatic heterocycles. The van der Waals surface area contributed by atoms with Crippen molar-refractivity contribution in [1.82, 2.24) is 0 Å². The Hall–Kier alpha value is -2.82. The van der Waals surface area contributed by atoms with Crippen molar-refractivity contribution in [3.05, 3.63) is 59.2 Å². The topological polar surface area (TPSA) is 64.6 Å². The highest BCUT2D eigenvalue weighted by Gasteiger charge is 2.12. The fourth-order valence-corrected chi connectivity index (χ4v) is 2.34. The second-order valence-electron chi connectivity index (χ2n) is 5.52. The minimum absolute atomic E-state index is 0.0564. The third-order valence-electron chi connectivity index (χ3n) is 3.55. The highest BCUT2D eigenvalue weighted by molar-refractivity contribution is 5.93. The van der Waals surface area contributed by atoms with Crippen molar-refractivity contribution in [3.63, 3.8) is 0 Å². The molecule has 0 fully saturated rings. The van der Waals surface area contributed by atoms with E-state index in [0.29, 0.717) is 11.4 Å². The van der Waals surface area contributed by atoms with Crippen LogP contribution in [-0.4, -0.2) is 25.6 Å². The molecule has 0 bridgehead atoms. The van der Waals surface area contributed by atoms with Crippen LogP contribution in [0.25, 0.3) is 0 Å². The summed E-state index contributed by atoms with van der Waals surface area (Å²) in [5.74, 6) is -0.222. The van der Waals surface area contributed by atoms with Crippen LogP contribution in [0, 0.1) is 13.8 Å². The van der Waals surface area contributed by atoms with Crippen LogP contribution in [0.3, 0.4) is 0 Å². The van der Waals surface area contributed by atoms with Crippen molar-refractivity contribution in [1.29, 1.82) is 0 Å². The lowest BCUT2D eigenvalue weighted by Crippen LogP contribution is -2.22. The molecule has 0 saturated heterocycles. The molecule has 0 radical (unpaired) electrons. The maximum atomic E-state index is 11.9. The maximum absolute atomic E-state index is 11.9. The highest BCUT2D eigenvalue weighted by Crippen LogP contribution is 2.18. The second-order valence-corrected chi connectivity index (χ2v) is 5.52. The first-order valence-corrected chi connectivity index (χ1v) is 7.64. The predicted molar refractivity (Wildman–Crippen MR) is 92.2 cm³/mol. The van der Waals surface area contributed by atoms with E-state index in [1.807, 2.05) is 44.2 Å². The molecule has 1 amide bonds. The summed E-state index contributed by atoms with van der Waals surface area (Å²) in [5.41, 5.74) is 3.52. The number of hydrogen-bond acceptors (Lipinski definition) is 4. The number of carbonyl (C=O) groups excluding carboxylic acids is 2. The first kappa shape index (κ1) is 17.5. The van der Waals surface area contributed by atoms with Crippen LogP contribution >= 0.6 is 0 Å². The molecule has 0 atom stereocenters. The first-order chi connectivity index (χ1) is 11.5. The molecule has 0 saturated carbocycles. The average Bonchev–Trinajstić information content (AvgIpc) is 2.56. The summed E-state index contributed by atoms with van der Waals surface area (Å²) in [6, 6.07) is 12.9. The summed E-state index contributed by atoms with van der Waals surface area (Å²) in [6.45, 7) is 3.58. The Morgan fingerprint density at radius 2 is 1.83 bits per heavy atom. The lowest BCUT2D eigenvalue weighted by Gasteiger charge is -2.10. The number of hydrogen-bond donors (Lipinski definition) is 1. The monoisotopic (exact) mass is 327 g/mol. The van der Waals surface area contributed by atoms with Crippen LogP contribution in [-0.2, 0) is 20.7 Å². The average molecular weight is 327 g/mol. The summed E-state index contributed by atoms with van der Waals surface area (Å²) in [4.78, 5) is 23.8. The van der Waals surface area contributed by atoms with Gasteiger partial charge in [0.25, 0.3) is 5.91 Å². The number of amides is 1. The molecule has 0 heterocycles. The van der Waals surface area contributed by atoms with E-state index in [0.717, 1.165) is 16.7 Å². The number of carbonyl (C=O) groups is 2. The molecule has 2 rings (SSSR count). The standard InChI is InChI=1S/C19H21NO4/c1-13-8-9-16(14(2)10-13)20-18(21)12-24-19(22)11-15-6-4-5-7-17(15)23-3/h4-10H,11-12H2,1-3H3,(H,20,21). The Balaban J connectivity index is 1.86. The lowest BCUT2D eigenvalue weighted by molar-refractivity contribution is -0.146. The van der Waals surface area contributed by atoms with Gasteiger partial charge < -0.3 is 14.8 Å². The van der Waals surface area contributed by atoms with E-state index in [2.05, 4.69) is 5.32 Å². The minimum Gasteiger partial charge on any atom is -0.496 e. The Morgan fingerprint density at radius 1 is 1.08 bits per heavy atom. The molecule has 126 valence electrons. The van der Waals surface area contributed by atoms with Gasteiger partial charge >= 0.3 is 5.97 Å². The summed E-state index contributed by atoms with van der Waals surface area (Å²) < 4.78 is 10.2. The zero-order valence-electron chi connectivity index (χ0n) is 14.1. The van der Waals surface area contributed by atoms with Crippen molar-refractivity contribution in [2.75, 3.05) is 19.0 Å². The van der Waals surface area contributed by atoms with Gasteiger partial charge in [0.1, 0.15) is 5.75 Å². The maximum Gasteiger partial charge on any atom is 0.310 e. The number of ether oxygens (including phenoxy) is 2. The fourth-order valence-electron chi connectivity index (χ4n) is 2.34. The first-order valence-electron chi connectivity index (χ1n) is 7.64. The quantitative estimate of drug-likeness (QED) is 0.828. The van der Waals surface area contributed by atoms with Gasteiger partial charge in [-0.05, 0) is 31.5 Å². The number of anilines is 1. The van der Waals surface area contributed by atoms with Gasteiger partial charge in [-0.1, -0.05) is 35.9 Å². The molecule has 2 aromatic rings. The van der Waals surface area contributed by atoms with Crippen LogP contribution < -0.4 is 10.1 Å². The largest absolute Gasteiger partial charge is 0.496 e.